The number of rotatable bonds is 7. The largest absolute Gasteiger partial charge is 0.478 e. The average molecular weight is 316 g/mol. The van der Waals surface area contributed by atoms with Crippen molar-refractivity contribution in [3.8, 4) is 0 Å². The number of aliphatic hydroxyl groups excluding tert-OH is 1. The third-order valence-corrected chi connectivity index (χ3v) is 4.69. The Bertz CT molecular complexity index is 611. The molecule has 0 saturated carbocycles. The summed E-state index contributed by atoms with van der Waals surface area (Å²) in [5.41, 5.74) is 0.198. The third kappa shape index (κ3) is 4.42. The lowest BCUT2D eigenvalue weighted by Crippen LogP contribution is -2.22. The molecule has 1 rings (SSSR count). The molecule has 118 valence electrons. The maximum absolute atomic E-state index is 12.0. The van der Waals surface area contributed by atoms with Crippen LogP contribution >= 0.6 is 0 Å². The van der Waals surface area contributed by atoms with E-state index in [0.29, 0.717) is 18.7 Å². The van der Waals surface area contributed by atoms with Gasteiger partial charge in [-0.25, -0.2) is 17.5 Å². The summed E-state index contributed by atoms with van der Waals surface area (Å²) < 4.78 is 25.0. The summed E-state index contributed by atoms with van der Waals surface area (Å²) in [4.78, 5) is 11.2. The fourth-order valence-corrected chi connectivity index (χ4v) is 2.57. The van der Waals surface area contributed by atoms with Crippen molar-refractivity contribution < 1.29 is 23.4 Å². The lowest BCUT2D eigenvalue weighted by Gasteiger charge is -2.15. The molecule has 0 radical (unpaired) electrons. The zero-order valence-electron chi connectivity index (χ0n) is 12.2. The molecular formula is C13H20N2O5S. The number of carboxylic acid groups (broad SMARTS) is 1. The van der Waals surface area contributed by atoms with E-state index in [1.165, 1.54) is 26.2 Å². The summed E-state index contributed by atoms with van der Waals surface area (Å²) in [5, 5.41) is 21.3. The molecule has 0 spiro atoms. The molecule has 1 atom stereocenters. The van der Waals surface area contributed by atoms with E-state index in [1.54, 1.807) is 6.92 Å². The smallest absolute Gasteiger partial charge is 0.337 e. The van der Waals surface area contributed by atoms with Crippen molar-refractivity contribution in [2.45, 2.75) is 24.3 Å². The lowest BCUT2D eigenvalue weighted by molar-refractivity contribution is 0.0697. The number of hydrogen-bond acceptors (Lipinski definition) is 5. The van der Waals surface area contributed by atoms with Crippen LogP contribution in [0.3, 0.4) is 0 Å². The second-order valence-electron chi connectivity index (χ2n) is 4.86. The van der Waals surface area contributed by atoms with Gasteiger partial charge in [-0.15, -0.1) is 0 Å². The first kappa shape index (κ1) is 17.4. The Labute approximate surface area is 124 Å². The number of sulfonamides is 1. The van der Waals surface area contributed by atoms with Crippen molar-refractivity contribution in [1.82, 2.24) is 4.31 Å². The highest BCUT2D eigenvalue weighted by Gasteiger charge is 2.20. The summed E-state index contributed by atoms with van der Waals surface area (Å²) in [6.07, 6.45) is -0.0456. The van der Waals surface area contributed by atoms with Crippen LogP contribution in [0, 0.1) is 0 Å². The number of aromatic carboxylic acids is 1. The standard InChI is InChI=1S/C13H20N2O5S/c1-9(16)6-7-14-12-5-4-10(8-11(12)13(17)18)21(19,20)15(2)3/h4-5,8-9,14,16H,6-7H2,1-3H3,(H,17,18). The summed E-state index contributed by atoms with van der Waals surface area (Å²) in [5.74, 6) is -1.22. The predicted octanol–water partition coefficient (Wildman–Crippen LogP) is 0.818. The van der Waals surface area contributed by atoms with Gasteiger partial charge in [-0.2, -0.15) is 0 Å². The summed E-state index contributed by atoms with van der Waals surface area (Å²) in [6.45, 7) is 2.02. The molecule has 0 amide bonds. The Morgan fingerprint density at radius 1 is 1.38 bits per heavy atom. The molecule has 0 aliphatic heterocycles. The Morgan fingerprint density at radius 2 is 2.00 bits per heavy atom. The van der Waals surface area contributed by atoms with Crippen LogP contribution in [-0.2, 0) is 10.0 Å². The molecule has 0 saturated heterocycles. The number of nitrogens with zero attached hydrogens (tertiary/aromatic N) is 1. The van der Waals surface area contributed by atoms with Crippen LogP contribution in [0.5, 0.6) is 0 Å². The molecule has 0 bridgehead atoms. The fraction of sp³-hybridized carbons (Fsp3) is 0.462. The lowest BCUT2D eigenvalue weighted by atomic mass is 10.1. The van der Waals surface area contributed by atoms with E-state index in [-0.39, 0.29) is 10.5 Å². The Balaban J connectivity index is 3.11. The molecule has 0 heterocycles. The maximum Gasteiger partial charge on any atom is 0.337 e. The Kier molecular flexibility index (Phi) is 5.70. The third-order valence-electron chi connectivity index (χ3n) is 2.88. The van der Waals surface area contributed by atoms with Crippen LogP contribution in [0.4, 0.5) is 5.69 Å². The van der Waals surface area contributed by atoms with Crippen molar-refractivity contribution in [2.24, 2.45) is 0 Å². The van der Waals surface area contributed by atoms with Crippen LogP contribution in [0.25, 0.3) is 0 Å². The highest BCUT2D eigenvalue weighted by atomic mass is 32.2. The van der Waals surface area contributed by atoms with E-state index in [4.69, 9.17) is 0 Å². The first-order valence-corrected chi connectivity index (χ1v) is 7.82. The monoisotopic (exact) mass is 316 g/mol. The van der Waals surface area contributed by atoms with Crippen LogP contribution < -0.4 is 5.32 Å². The number of carbonyl (C=O) groups is 1. The van der Waals surface area contributed by atoms with Crippen molar-refractivity contribution >= 4 is 21.7 Å². The number of hydrogen-bond donors (Lipinski definition) is 3. The van der Waals surface area contributed by atoms with Crippen molar-refractivity contribution in [3.63, 3.8) is 0 Å². The first-order chi connectivity index (χ1) is 9.66. The first-order valence-electron chi connectivity index (χ1n) is 6.38. The van der Waals surface area contributed by atoms with Gasteiger partial charge in [0, 0.05) is 26.3 Å². The van der Waals surface area contributed by atoms with Gasteiger partial charge in [-0.3, -0.25) is 0 Å². The van der Waals surface area contributed by atoms with Gasteiger partial charge in [0.15, 0.2) is 0 Å². The van der Waals surface area contributed by atoms with Crippen molar-refractivity contribution in [2.75, 3.05) is 26.0 Å². The zero-order chi connectivity index (χ0) is 16.2. The molecule has 0 aliphatic carbocycles. The van der Waals surface area contributed by atoms with Crippen molar-refractivity contribution in [1.29, 1.82) is 0 Å². The van der Waals surface area contributed by atoms with Gasteiger partial charge in [-0.1, -0.05) is 0 Å². The number of carboxylic acids is 1. The average Bonchev–Trinajstić information content (AvgIpc) is 2.37. The number of anilines is 1. The van der Waals surface area contributed by atoms with Gasteiger partial charge in [-0.05, 0) is 31.5 Å². The van der Waals surface area contributed by atoms with Crippen LogP contribution in [-0.4, -0.2) is 55.6 Å². The van der Waals surface area contributed by atoms with E-state index >= 15 is 0 Å². The van der Waals surface area contributed by atoms with E-state index in [9.17, 15) is 23.4 Å². The van der Waals surface area contributed by atoms with Crippen LogP contribution in [0.1, 0.15) is 23.7 Å². The summed E-state index contributed by atoms with van der Waals surface area (Å²) in [7, 11) is -0.922. The second kappa shape index (κ2) is 6.88. The van der Waals surface area contributed by atoms with E-state index in [2.05, 4.69) is 5.32 Å². The predicted molar refractivity (Wildman–Crippen MR) is 79.1 cm³/mol. The molecule has 1 aromatic rings. The normalized spacial score (nSPS) is 13.2. The Hall–Kier alpha value is -1.64. The fourth-order valence-electron chi connectivity index (χ4n) is 1.64. The van der Waals surface area contributed by atoms with Gasteiger partial charge in [0.2, 0.25) is 10.0 Å². The molecule has 3 N–H and O–H groups in total. The minimum Gasteiger partial charge on any atom is -0.478 e. The minimum atomic E-state index is -3.68. The van der Waals surface area contributed by atoms with Gasteiger partial charge in [0.05, 0.1) is 16.6 Å². The molecule has 0 aromatic heterocycles. The minimum absolute atomic E-state index is 0.0778. The number of benzene rings is 1. The molecule has 0 aliphatic rings. The number of nitrogens with one attached hydrogen (secondary N) is 1. The highest BCUT2D eigenvalue weighted by molar-refractivity contribution is 7.89. The quantitative estimate of drug-likeness (QED) is 0.687. The number of aliphatic hydroxyl groups is 1. The van der Waals surface area contributed by atoms with Crippen LogP contribution in [0.15, 0.2) is 23.1 Å². The molecule has 8 heteroatoms. The summed E-state index contributed by atoms with van der Waals surface area (Å²) >= 11 is 0. The molecular weight excluding hydrogens is 296 g/mol. The SMILES string of the molecule is CC(O)CCNc1ccc(S(=O)(=O)N(C)C)cc1C(=O)O. The molecule has 7 nitrogen and oxygen atoms in total. The second-order valence-corrected chi connectivity index (χ2v) is 7.02. The van der Waals surface area contributed by atoms with Gasteiger partial charge >= 0.3 is 5.97 Å². The van der Waals surface area contributed by atoms with Gasteiger partial charge in [0.25, 0.3) is 0 Å². The van der Waals surface area contributed by atoms with E-state index in [1.807, 2.05) is 0 Å². The topological polar surface area (TPSA) is 107 Å². The van der Waals surface area contributed by atoms with E-state index < -0.39 is 22.1 Å². The maximum atomic E-state index is 12.0. The molecule has 21 heavy (non-hydrogen) atoms. The van der Waals surface area contributed by atoms with Crippen molar-refractivity contribution in [3.05, 3.63) is 23.8 Å². The summed E-state index contributed by atoms with van der Waals surface area (Å²) in [6, 6.07) is 3.90. The Morgan fingerprint density at radius 3 is 2.48 bits per heavy atom. The molecule has 1 unspecified atom stereocenters. The molecule has 0 fully saturated rings. The van der Waals surface area contributed by atoms with Gasteiger partial charge in [0.1, 0.15) is 0 Å². The van der Waals surface area contributed by atoms with E-state index in [0.717, 1.165) is 10.4 Å². The van der Waals surface area contributed by atoms with Crippen LogP contribution in [0.2, 0.25) is 0 Å². The van der Waals surface area contributed by atoms with Gasteiger partial charge < -0.3 is 15.5 Å². The highest BCUT2D eigenvalue weighted by Crippen LogP contribution is 2.22. The molecule has 1 aromatic carbocycles. The zero-order valence-corrected chi connectivity index (χ0v) is 13.0.